The van der Waals surface area contributed by atoms with Crippen molar-refractivity contribution in [1.82, 2.24) is 9.78 Å². The highest BCUT2D eigenvalue weighted by atomic mass is 15.3. The van der Waals surface area contributed by atoms with Gasteiger partial charge in [0.1, 0.15) is 0 Å². The lowest BCUT2D eigenvalue weighted by atomic mass is 10.1. The van der Waals surface area contributed by atoms with E-state index in [0.29, 0.717) is 6.54 Å². The SMILES string of the molecule is Cc1ccc(-n2nc(C)c(CCN)c2C)c(C)c1. The minimum atomic E-state index is 0.667. The first-order chi connectivity index (χ1) is 8.54. The summed E-state index contributed by atoms with van der Waals surface area (Å²) >= 11 is 0. The molecule has 0 unspecified atom stereocenters. The third-order valence-electron chi connectivity index (χ3n) is 3.42. The van der Waals surface area contributed by atoms with Crippen LogP contribution in [-0.2, 0) is 6.42 Å². The van der Waals surface area contributed by atoms with Crippen LogP contribution < -0.4 is 5.73 Å². The highest BCUT2D eigenvalue weighted by Gasteiger charge is 2.13. The Morgan fingerprint density at radius 3 is 2.50 bits per heavy atom. The molecular weight excluding hydrogens is 222 g/mol. The number of benzene rings is 1. The van der Waals surface area contributed by atoms with Crippen LogP contribution in [-0.4, -0.2) is 16.3 Å². The summed E-state index contributed by atoms with van der Waals surface area (Å²) in [6.45, 7) is 9.07. The molecule has 0 atom stereocenters. The van der Waals surface area contributed by atoms with Crippen LogP contribution >= 0.6 is 0 Å². The summed E-state index contributed by atoms with van der Waals surface area (Å²) in [7, 11) is 0. The molecule has 0 radical (unpaired) electrons. The number of aryl methyl sites for hydroxylation is 3. The van der Waals surface area contributed by atoms with Crippen molar-refractivity contribution in [2.24, 2.45) is 5.73 Å². The van der Waals surface area contributed by atoms with Crippen LogP contribution in [0.4, 0.5) is 0 Å². The Morgan fingerprint density at radius 1 is 1.17 bits per heavy atom. The first-order valence-corrected chi connectivity index (χ1v) is 6.37. The van der Waals surface area contributed by atoms with Crippen molar-refractivity contribution in [3.63, 3.8) is 0 Å². The van der Waals surface area contributed by atoms with Crippen molar-refractivity contribution in [3.05, 3.63) is 46.3 Å². The van der Waals surface area contributed by atoms with Gasteiger partial charge in [0.15, 0.2) is 0 Å². The number of aromatic nitrogens is 2. The number of hydrogen-bond acceptors (Lipinski definition) is 2. The van der Waals surface area contributed by atoms with Crippen molar-refractivity contribution in [2.75, 3.05) is 6.54 Å². The third kappa shape index (κ3) is 2.18. The van der Waals surface area contributed by atoms with Crippen LogP contribution in [0.1, 0.15) is 28.1 Å². The van der Waals surface area contributed by atoms with Gasteiger partial charge in [0.05, 0.1) is 11.4 Å². The topological polar surface area (TPSA) is 43.8 Å². The third-order valence-corrected chi connectivity index (χ3v) is 3.42. The molecule has 0 aliphatic heterocycles. The first kappa shape index (κ1) is 12.8. The zero-order valence-electron chi connectivity index (χ0n) is 11.6. The molecule has 0 saturated carbocycles. The lowest BCUT2D eigenvalue weighted by Crippen LogP contribution is -2.05. The highest BCUT2D eigenvalue weighted by molar-refractivity contribution is 5.44. The van der Waals surface area contributed by atoms with Gasteiger partial charge in [-0.25, -0.2) is 4.68 Å². The molecule has 18 heavy (non-hydrogen) atoms. The van der Waals surface area contributed by atoms with Crippen LogP contribution in [0.3, 0.4) is 0 Å². The minimum absolute atomic E-state index is 0.667. The molecule has 1 aromatic carbocycles. The predicted octanol–water partition coefficient (Wildman–Crippen LogP) is 2.61. The largest absolute Gasteiger partial charge is 0.330 e. The molecule has 0 amide bonds. The van der Waals surface area contributed by atoms with Crippen molar-refractivity contribution in [1.29, 1.82) is 0 Å². The Hall–Kier alpha value is -1.61. The zero-order valence-corrected chi connectivity index (χ0v) is 11.6. The summed E-state index contributed by atoms with van der Waals surface area (Å²) in [4.78, 5) is 0. The summed E-state index contributed by atoms with van der Waals surface area (Å²) in [5.74, 6) is 0. The van der Waals surface area contributed by atoms with E-state index in [2.05, 4.69) is 51.0 Å². The molecule has 0 aliphatic carbocycles. The van der Waals surface area contributed by atoms with Gasteiger partial charge in [0.2, 0.25) is 0 Å². The van der Waals surface area contributed by atoms with Crippen molar-refractivity contribution in [2.45, 2.75) is 34.1 Å². The fourth-order valence-corrected chi connectivity index (χ4v) is 2.46. The standard InChI is InChI=1S/C15H21N3/c1-10-5-6-15(11(2)9-10)18-13(4)14(7-8-16)12(3)17-18/h5-6,9H,7-8,16H2,1-4H3. The molecule has 1 heterocycles. The van der Waals surface area contributed by atoms with E-state index in [1.807, 2.05) is 4.68 Å². The molecular formula is C15H21N3. The zero-order chi connectivity index (χ0) is 13.3. The predicted molar refractivity (Wildman–Crippen MR) is 75.3 cm³/mol. The second-order valence-electron chi connectivity index (χ2n) is 4.89. The Bertz CT molecular complexity index is 567. The Labute approximate surface area is 109 Å². The maximum Gasteiger partial charge on any atom is 0.0678 e. The fraction of sp³-hybridized carbons (Fsp3) is 0.400. The Morgan fingerprint density at radius 2 is 1.89 bits per heavy atom. The molecule has 1 aromatic heterocycles. The monoisotopic (exact) mass is 243 g/mol. The van der Waals surface area contributed by atoms with E-state index >= 15 is 0 Å². The fourth-order valence-electron chi connectivity index (χ4n) is 2.46. The van der Waals surface area contributed by atoms with Crippen LogP contribution in [0.15, 0.2) is 18.2 Å². The van der Waals surface area contributed by atoms with Crippen molar-refractivity contribution >= 4 is 0 Å². The van der Waals surface area contributed by atoms with E-state index < -0.39 is 0 Å². The average molecular weight is 243 g/mol. The molecule has 3 heteroatoms. The van der Waals surface area contributed by atoms with Gasteiger partial charge in [-0.05, 0) is 57.9 Å². The molecule has 96 valence electrons. The van der Waals surface area contributed by atoms with Gasteiger partial charge in [-0.3, -0.25) is 0 Å². The van der Waals surface area contributed by atoms with Gasteiger partial charge in [0, 0.05) is 5.69 Å². The van der Waals surface area contributed by atoms with Gasteiger partial charge in [-0.2, -0.15) is 5.10 Å². The summed E-state index contributed by atoms with van der Waals surface area (Å²) in [5.41, 5.74) is 12.9. The van der Waals surface area contributed by atoms with E-state index in [1.54, 1.807) is 0 Å². The quantitative estimate of drug-likeness (QED) is 0.900. The summed E-state index contributed by atoms with van der Waals surface area (Å²) in [6, 6.07) is 6.45. The van der Waals surface area contributed by atoms with Crippen LogP contribution in [0.2, 0.25) is 0 Å². The van der Waals surface area contributed by atoms with Crippen molar-refractivity contribution in [3.8, 4) is 5.69 Å². The number of nitrogens with zero attached hydrogens (tertiary/aromatic N) is 2. The average Bonchev–Trinajstić information content (AvgIpc) is 2.58. The highest BCUT2D eigenvalue weighted by Crippen LogP contribution is 2.21. The van der Waals surface area contributed by atoms with Crippen LogP contribution in [0.25, 0.3) is 5.69 Å². The Kier molecular flexibility index (Phi) is 3.53. The van der Waals surface area contributed by atoms with E-state index in [9.17, 15) is 0 Å². The van der Waals surface area contributed by atoms with E-state index in [0.717, 1.165) is 17.8 Å². The lowest BCUT2D eigenvalue weighted by Gasteiger charge is -2.09. The Balaban J connectivity index is 2.54. The molecule has 2 rings (SSSR count). The van der Waals surface area contributed by atoms with E-state index in [1.165, 1.54) is 22.4 Å². The first-order valence-electron chi connectivity index (χ1n) is 6.37. The van der Waals surface area contributed by atoms with Gasteiger partial charge < -0.3 is 5.73 Å². The number of rotatable bonds is 3. The van der Waals surface area contributed by atoms with Gasteiger partial charge >= 0.3 is 0 Å². The molecule has 0 bridgehead atoms. The summed E-state index contributed by atoms with van der Waals surface area (Å²) in [5, 5.41) is 4.65. The molecule has 0 spiro atoms. The minimum Gasteiger partial charge on any atom is -0.330 e. The summed E-state index contributed by atoms with van der Waals surface area (Å²) < 4.78 is 2.04. The lowest BCUT2D eigenvalue weighted by molar-refractivity contribution is 0.825. The molecule has 3 nitrogen and oxygen atoms in total. The number of nitrogens with two attached hydrogens (primary N) is 1. The second-order valence-corrected chi connectivity index (χ2v) is 4.89. The second kappa shape index (κ2) is 4.94. The molecule has 2 aromatic rings. The van der Waals surface area contributed by atoms with E-state index in [-0.39, 0.29) is 0 Å². The summed E-state index contributed by atoms with van der Waals surface area (Å²) in [6.07, 6.45) is 0.891. The molecule has 0 aliphatic rings. The number of hydrogen-bond donors (Lipinski definition) is 1. The molecule has 2 N–H and O–H groups in total. The molecule has 0 saturated heterocycles. The molecule has 0 fully saturated rings. The van der Waals surface area contributed by atoms with Gasteiger partial charge in [0.25, 0.3) is 0 Å². The van der Waals surface area contributed by atoms with Crippen molar-refractivity contribution < 1.29 is 0 Å². The normalized spacial score (nSPS) is 10.9. The smallest absolute Gasteiger partial charge is 0.0678 e. The van der Waals surface area contributed by atoms with E-state index in [4.69, 9.17) is 5.73 Å². The van der Waals surface area contributed by atoms with Crippen LogP contribution in [0.5, 0.6) is 0 Å². The van der Waals surface area contributed by atoms with Crippen LogP contribution in [0, 0.1) is 27.7 Å². The maximum absolute atomic E-state index is 5.66. The maximum atomic E-state index is 5.66. The van der Waals surface area contributed by atoms with Gasteiger partial charge in [-0.1, -0.05) is 17.7 Å². The van der Waals surface area contributed by atoms with Gasteiger partial charge in [-0.15, -0.1) is 0 Å².